The van der Waals surface area contributed by atoms with Crippen molar-refractivity contribution in [3.8, 4) is 0 Å². The van der Waals surface area contributed by atoms with E-state index in [4.69, 9.17) is 0 Å². The zero-order valence-corrected chi connectivity index (χ0v) is 10.5. The van der Waals surface area contributed by atoms with Crippen LogP contribution in [0.25, 0.3) is 10.9 Å². The maximum absolute atomic E-state index is 3.33. The fourth-order valence-electron chi connectivity index (χ4n) is 1.90. The van der Waals surface area contributed by atoms with Gasteiger partial charge in [-0.05, 0) is 37.5 Å². The SMILES string of the molecule is BC(B)(Cc1c[nH]c2ccccc12)N(C)C. The standard InChI is InChI=1S/C12H18B2N2/c1-16(2)12(13,14)7-9-8-15-11-6-4-3-5-10(9)11/h3-6,8,15H,7,13-14H2,1-2H3. The normalized spacial score (nSPS) is 12.4. The van der Waals surface area contributed by atoms with Crippen LogP contribution in [0.15, 0.2) is 30.5 Å². The molecule has 0 amide bonds. The number of likely N-dealkylation sites (N-methyl/N-ethyl adjacent to an activating group) is 1. The van der Waals surface area contributed by atoms with Gasteiger partial charge in [-0.15, -0.1) is 0 Å². The molecule has 2 nitrogen and oxygen atoms in total. The van der Waals surface area contributed by atoms with Gasteiger partial charge in [-0.3, -0.25) is 0 Å². The molecule has 0 aliphatic carbocycles. The van der Waals surface area contributed by atoms with Gasteiger partial charge in [0.15, 0.2) is 0 Å². The van der Waals surface area contributed by atoms with Crippen molar-refractivity contribution < 1.29 is 0 Å². The summed E-state index contributed by atoms with van der Waals surface area (Å²) in [5, 5.41) is 1.53. The largest absolute Gasteiger partial charge is 0.361 e. The Morgan fingerprint density at radius 1 is 1.25 bits per heavy atom. The number of aromatic amines is 1. The predicted molar refractivity (Wildman–Crippen MR) is 75.5 cm³/mol. The van der Waals surface area contributed by atoms with Gasteiger partial charge >= 0.3 is 0 Å². The van der Waals surface area contributed by atoms with Crippen molar-refractivity contribution in [2.45, 2.75) is 11.8 Å². The Hall–Kier alpha value is -1.15. The number of para-hydroxylation sites is 1. The molecule has 1 heterocycles. The number of H-pyrrole nitrogens is 1. The minimum absolute atomic E-state index is 0.185. The van der Waals surface area contributed by atoms with Crippen LogP contribution < -0.4 is 0 Å². The molecule has 0 saturated carbocycles. The van der Waals surface area contributed by atoms with Crippen molar-refractivity contribution >= 4 is 26.6 Å². The summed E-state index contributed by atoms with van der Waals surface area (Å²) in [4.78, 5) is 5.60. The third-order valence-electron chi connectivity index (χ3n) is 3.51. The van der Waals surface area contributed by atoms with Crippen molar-refractivity contribution in [2.75, 3.05) is 14.1 Å². The number of fused-ring (bicyclic) bond motifs is 1. The molecule has 0 atom stereocenters. The Bertz CT molecular complexity index is 488. The van der Waals surface area contributed by atoms with Gasteiger partial charge in [-0.1, -0.05) is 18.2 Å². The molecule has 4 heteroatoms. The zero-order valence-electron chi connectivity index (χ0n) is 10.5. The predicted octanol–water partition coefficient (Wildman–Crippen LogP) is 0.192. The summed E-state index contributed by atoms with van der Waals surface area (Å²) >= 11 is 0. The molecule has 0 spiro atoms. The minimum atomic E-state index is 0.185. The molecule has 16 heavy (non-hydrogen) atoms. The summed E-state index contributed by atoms with van der Waals surface area (Å²) in [6.07, 6.45) is 3.19. The molecule has 2 aromatic rings. The van der Waals surface area contributed by atoms with Crippen LogP contribution in [0.5, 0.6) is 0 Å². The molecule has 1 aromatic heterocycles. The van der Waals surface area contributed by atoms with E-state index in [-0.39, 0.29) is 5.34 Å². The third kappa shape index (κ3) is 2.03. The summed E-state index contributed by atoms with van der Waals surface area (Å²) in [6, 6.07) is 8.48. The molecular weight excluding hydrogens is 194 g/mol. The first-order valence-corrected chi connectivity index (χ1v) is 5.73. The Balaban J connectivity index is 2.35. The highest BCUT2D eigenvalue weighted by molar-refractivity contribution is 6.40. The average molecular weight is 212 g/mol. The van der Waals surface area contributed by atoms with E-state index in [0.29, 0.717) is 0 Å². The Kier molecular flexibility index (Phi) is 2.85. The van der Waals surface area contributed by atoms with E-state index in [0.717, 1.165) is 6.42 Å². The minimum Gasteiger partial charge on any atom is -0.361 e. The van der Waals surface area contributed by atoms with Gasteiger partial charge < -0.3 is 9.88 Å². The third-order valence-corrected chi connectivity index (χ3v) is 3.51. The monoisotopic (exact) mass is 212 g/mol. The first-order chi connectivity index (χ1) is 7.50. The van der Waals surface area contributed by atoms with Crippen molar-refractivity contribution in [3.63, 3.8) is 0 Å². The Morgan fingerprint density at radius 2 is 1.94 bits per heavy atom. The van der Waals surface area contributed by atoms with E-state index >= 15 is 0 Å². The van der Waals surface area contributed by atoms with Gasteiger partial charge in [0.1, 0.15) is 15.7 Å². The van der Waals surface area contributed by atoms with Crippen molar-refractivity contribution in [1.29, 1.82) is 0 Å². The first kappa shape index (κ1) is 11.3. The van der Waals surface area contributed by atoms with Gasteiger partial charge in [-0.2, -0.15) is 0 Å². The van der Waals surface area contributed by atoms with E-state index in [1.165, 1.54) is 16.5 Å². The van der Waals surface area contributed by atoms with Gasteiger partial charge in [0.05, 0.1) is 0 Å². The van der Waals surface area contributed by atoms with Crippen molar-refractivity contribution in [1.82, 2.24) is 9.88 Å². The number of hydrogen-bond donors (Lipinski definition) is 1. The van der Waals surface area contributed by atoms with Crippen LogP contribution in [0.1, 0.15) is 5.56 Å². The highest BCUT2D eigenvalue weighted by Crippen LogP contribution is 2.21. The fraction of sp³-hybridized carbons (Fsp3) is 0.333. The molecule has 0 unspecified atom stereocenters. The van der Waals surface area contributed by atoms with Crippen LogP contribution in [0.2, 0.25) is 0 Å². The maximum Gasteiger partial charge on any atom is 0.117 e. The molecule has 2 rings (SSSR count). The van der Waals surface area contributed by atoms with Crippen molar-refractivity contribution in [3.05, 3.63) is 36.0 Å². The molecule has 0 aliphatic rings. The molecule has 0 aliphatic heterocycles. The lowest BCUT2D eigenvalue weighted by atomic mass is 9.58. The lowest BCUT2D eigenvalue weighted by Crippen LogP contribution is -2.47. The van der Waals surface area contributed by atoms with Crippen LogP contribution in [0.3, 0.4) is 0 Å². The number of hydrogen-bond acceptors (Lipinski definition) is 1. The van der Waals surface area contributed by atoms with E-state index in [9.17, 15) is 0 Å². The summed E-state index contributed by atoms with van der Waals surface area (Å²) in [7, 11) is 8.81. The lowest BCUT2D eigenvalue weighted by molar-refractivity contribution is 0.334. The van der Waals surface area contributed by atoms with Gasteiger partial charge in [0, 0.05) is 17.1 Å². The zero-order chi connectivity index (χ0) is 11.8. The molecule has 1 N–H and O–H groups in total. The van der Waals surface area contributed by atoms with E-state index in [2.05, 4.69) is 70.1 Å². The van der Waals surface area contributed by atoms with Crippen LogP contribution in [0.4, 0.5) is 0 Å². The second-order valence-corrected chi connectivity index (χ2v) is 5.24. The topological polar surface area (TPSA) is 19.0 Å². The molecular formula is C12H18B2N2. The number of rotatable bonds is 3. The molecule has 0 saturated heterocycles. The van der Waals surface area contributed by atoms with E-state index < -0.39 is 0 Å². The van der Waals surface area contributed by atoms with Crippen LogP contribution in [-0.2, 0) is 6.42 Å². The van der Waals surface area contributed by atoms with Crippen LogP contribution in [0, 0.1) is 0 Å². The maximum atomic E-state index is 3.33. The number of benzene rings is 1. The highest BCUT2D eigenvalue weighted by atomic mass is 15.1. The quantitative estimate of drug-likeness (QED) is 0.719. The summed E-state index contributed by atoms with van der Waals surface area (Å²) in [5.41, 5.74) is 2.63. The Morgan fingerprint density at radius 3 is 2.62 bits per heavy atom. The average Bonchev–Trinajstić information content (AvgIpc) is 2.61. The number of nitrogens with zero attached hydrogens (tertiary/aromatic N) is 1. The van der Waals surface area contributed by atoms with Gasteiger partial charge in [-0.25, -0.2) is 0 Å². The molecule has 0 radical (unpaired) electrons. The van der Waals surface area contributed by atoms with Crippen LogP contribution >= 0.6 is 0 Å². The van der Waals surface area contributed by atoms with Crippen LogP contribution in [-0.4, -0.2) is 45.0 Å². The molecule has 1 aromatic carbocycles. The highest BCUT2D eigenvalue weighted by Gasteiger charge is 2.22. The lowest BCUT2D eigenvalue weighted by Gasteiger charge is -2.32. The smallest absolute Gasteiger partial charge is 0.117 e. The van der Waals surface area contributed by atoms with Gasteiger partial charge in [0.25, 0.3) is 0 Å². The first-order valence-electron chi connectivity index (χ1n) is 5.73. The van der Waals surface area contributed by atoms with E-state index in [1.807, 2.05) is 0 Å². The molecule has 82 valence electrons. The summed E-state index contributed by atoms with van der Waals surface area (Å²) in [6.45, 7) is 0. The molecule has 0 fully saturated rings. The van der Waals surface area contributed by atoms with Gasteiger partial charge in [0.2, 0.25) is 0 Å². The Labute approximate surface area is 98.8 Å². The number of nitrogens with one attached hydrogen (secondary N) is 1. The summed E-state index contributed by atoms with van der Waals surface area (Å²) < 4.78 is 0. The second-order valence-electron chi connectivity index (χ2n) is 5.24. The summed E-state index contributed by atoms with van der Waals surface area (Å²) in [5.74, 6) is 0. The second kappa shape index (κ2) is 4.02. The van der Waals surface area contributed by atoms with Crippen molar-refractivity contribution in [2.24, 2.45) is 0 Å². The molecule has 0 bridgehead atoms. The number of aromatic nitrogens is 1. The van der Waals surface area contributed by atoms with E-state index in [1.54, 1.807) is 0 Å². The fourth-order valence-corrected chi connectivity index (χ4v) is 1.90.